The molecule has 1 fully saturated rings. The number of hydrogen-bond donors (Lipinski definition) is 0. The molecule has 13 heteroatoms. The topological polar surface area (TPSA) is 103 Å². The van der Waals surface area contributed by atoms with Crippen LogP contribution in [0.3, 0.4) is 0 Å². The van der Waals surface area contributed by atoms with E-state index in [4.69, 9.17) is 25.9 Å². The van der Waals surface area contributed by atoms with Crippen LogP contribution in [-0.2, 0) is 9.53 Å². The average molecular weight is 838 g/mol. The average Bonchev–Trinajstić information content (AvgIpc) is 2.87. The molecule has 0 unspecified atom stereocenters. The molecule has 0 spiro atoms. The van der Waals surface area contributed by atoms with Crippen LogP contribution in [0.2, 0.25) is 5.02 Å². The number of benzene rings is 2. The minimum atomic E-state index is -0.863. The van der Waals surface area contributed by atoms with E-state index in [1.807, 2.05) is 11.8 Å². The number of anilines is 1. The third-order valence-corrected chi connectivity index (χ3v) is 6.17. The number of carbonyl (C=O) groups is 2. The van der Waals surface area contributed by atoms with Crippen LogP contribution in [0.25, 0.3) is 22.0 Å². The predicted octanol–water partition coefficient (Wildman–Crippen LogP) is 5.18. The molecule has 0 N–H and O–H groups in total. The summed E-state index contributed by atoms with van der Waals surface area (Å²) in [5.41, 5.74) is -1.27. The fraction of sp³-hybridized carbons (Fsp3) is 0.357. The van der Waals surface area contributed by atoms with Gasteiger partial charge in [0.2, 0.25) is 0 Å². The molecule has 2 heterocycles. The van der Waals surface area contributed by atoms with E-state index in [1.165, 1.54) is 12.1 Å². The number of piperazine rings is 1. The van der Waals surface area contributed by atoms with Crippen LogP contribution in [0.1, 0.15) is 34.1 Å². The zero-order chi connectivity index (χ0) is 29.8. The van der Waals surface area contributed by atoms with Crippen LogP contribution in [0.4, 0.5) is 19.4 Å². The Balaban J connectivity index is 0.00000110. The molecule has 231 valence electrons. The zero-order valence-corrected chi connectivity index (χ0v) is 25.8. The van der Waals surface area contributed by atoms with Crippen LogP contribution < -0.4 is 20.3 Å². The molecule has 1 atom stereocenters. The first-order chi connectivity index (χ1) is 18.8. The smallest absolute Gasteiger partial charge is 0.410 e. The van der Waals surface area contributed by atoms with Gasteiger partial charge in [-0.1, -0.05) is 11.6 Å². The summed E-state index contributed by atoms with van der Waals surface area (Å²) in [6.45, 7) is 11.5. The van der Waals surface area contributed by atoms with E-state index < -0.39 is 29.0 Å². The van der Waals surface area contributed by atoms with E-state index in [2.05, 4.69) is 24.0 Å². The second-order valence-electron chi connectivity index (χ2n) is 9.98. The fourth-order valence-corrected chi connectivity index (χ4v) is 4.53. The van der Waals surface area contributed by atoms with E-state index in [0.717, 1.165) is 18.4 Å². The Kier molecular flexibility index (Phi) is 10.4. The first-order valence-corrected chi connectivity index (χ1v) is 12.7. The molecule has 2 aromatic carbocycles. The van der Waals surface area contributed by atoms with E-state index >= 15 is 0 Å². The molecule has 1 aromatic heterocycles. The van der Waals surface area contributed by atoms with Crippen molar-refractivity contribution in [3.8, 4) is 16.9 Å². The maximum atomic E-state index is 14.6. The number of rotatable bonds is 4. The Bertz CT molecular complexity index is 1460. The van der Waals surface area contributed by atoms with Gasteiger partial charge in [0.05, 0.1) is 17.1 Å². The van der Waals surface area contributed by atoms with Gasteiger partial charge in [-0.2, -0.15) is 7.11 Å². The summed E-state index contributed by atoms with van der Waals surface area (Å²) in [5, 5.41) is 0.470. The molecule has 1 amide bonds. The molecular formula is C28H30ClF2LrN4O5-3. The molecule has 1 aliphatic heterocycles. The van der Waals surface area contributed by atoms with Gasteiger partial charge in [-0.3, -0.25) is 4.79 Å². The van der Waals surface area contributed by atoms with Crippen molar-refractivity contribution in [3.05, 3.63) is 65.4 Å². The molecule has 3 aromatic rings. The monoisotopic (exact) mass is 837 g/mol. The number of aldehydes is 1. The van der Waals surface area contributed by atoms with Crippen molar-refractivity contribution in [1.29, 1.82) is 0 Å². The number of hydrogen-bond acceptors (Lipinski definition) is 7. The van der Waals surface area contributed by atoms with Crippen molar-refractivity contribution in [2.75, 3.05) is 24.5 Å². The molecule has 1 aliphatic rings. The quantitative estimate of drug-likeness (QED) is 0.262. The summed E-state index contributed by atoms with van der Waals surface area (Å²) in [6, 6.07) is 4.31. The molecule has 1 radical (unpaired) electrons. The van der Waals surface area contributed by atoms with Gasteiger partial charge >= 0.3 is 6.09 Å². The van der Waals surface area contributed by atoms with Crippen LogP contribution in [0, 0.1) is 25.7 Å². The largest absolute Gasteiger partial charge is 0.665 e. The van der Waals surface area contributed by atoms with Gasteiger partial charge in [-0.25, -0.2) is 13.6 Å². The Morgan fingerprint density at radius 3 is 2.46 bits per heavy atom. The number of fused-ring (bicyclic) bond motifs is 1. The van der Waals surface area contributed by atoms with Gasteiger partial charge in [0.25, 0.3) is 0 Å². The van der Waals surface area contributed by atoms with Crippen molar-refractivity contribution in [3.63, 3.8) is 0 Å². The third kappa shape index (κ3) is 7.27. The van der Waals surface area contributed by atoms with E-state index in [9.17, 15) is 18.4 Å². The summed E-state index contributed by atoms with van der Waals surface area (Å²) in [4.78, 5) is 45.7. The summed E-state index contributed by atoms with van der Waals surface area (Å²) in [5.74, 6) is -1.36. The van der Waals surface area contributed by atoms with Crippen molar-refractivity contribution >= 4 is 40.7 Å². The summed E-state index contributed by atoms with van der Waals surface area (Å²) >= 11 is 6.56. The van der Waals surface area contributed by atoms with E-state index in [0.29, 0.717) is 37.3 Å². The Morgan fingerprint density at radius 1 is 1.27 bits per heavy atom. The predicted molar refractivity (Wildman–Crippen MR) is 148 cm³/mol. The van der Waals surface area contributed by atoms with Crippen molar-refractivity contribution in [2.45, 2.75) is 45.8 Å². The minimum absolute atomic E-state index is 0. The number of amides is 1. The van der Waals surface area contributed by atoms with Gasteiger partial charge in [0, 0.05) is 59.6 Å². The second kappa shape index (κ2) is 13.1. The van der Waals surface area contributed by atoms with Crippen LogP contribution in [0.5, 0.6) is 5.75 Å². The standard InChI is InChI=1S/C25H26ClF2N4O4.C3H5O.Lr/c1-13-12-31(24(34)36-25(2,3)4)8-9-32(13)22-16-11-17(26)19(15-7-6-14(27)10-18(15)28)21(35-5)20(16)29-23(33)30-22;1-2-3-4;/h6-7,10-11,13H,5,8-9,12H2,1-4H3,(H,29,30,33);3H,1-2H2;/q2*-1;/p-1/t13-;;/m0../s1. The van der Waals surface area contributed by atoms with Gasteiger partial charge < -0.3 is 41.0 Å². The summed E-state index contributed by atoms with van der Waals surface area (Å²) in [6.07, 6.45) is 0.729. The van der Waals surface area contributed by atoms with Crippen LogP contribution in [-0.4, -0.2) is 53.5 Å². The van der Waals surface area contributed by atoms with Crippen LogP contribution >= 0.6 is 11.6 Å². The molecule has 1 saturated heterocycles. The van der Waals surface area contributed by atoms with Crippen molar-refractivity contribution in [2.24, 2.45) is 0 Å². The molecule has 0 aliphatic carbocycles. The maximum absolute atomic E-state index is 14.6. The molecule has 9 nitrogen and oxygen atoms in total. The zero-order valence-electron chi connectivity index (χ0n) is 22.9. The minimum Gasteiger partial charge on any atom is -0.665 e. The Labute approximate surface area is 236 Å². The Hall–Kier alpha value is -4.73. The fourth-order valence-electron chi connectivity index (χ4n) is 4.24. The number of nitrogens with zero attached hydrogens (tertiary/aromatic N) is 4. The van der Waals surface area contributed by atoms with E-state index in [-0.39, 0.29) is 33.5 Å². The third-order valence-electron chi connectivity index (χ3n) is 5.87. The number of halogens is 3. The number of carbonyl (C=O) groups excluding carboxylic acids is 2. The molecular weight excluding hydrogens is 808 g/mol. The van der Waals surface area contributed by atoms with Crippen molar-refractivity contribution in [1.82, 2.24) is 14.9 Å². The van der Waals surface area contributed by atoms with Gasteiger partial charge in [0.1, 0.15) is 17.2 Å². The molecule has 0 bridgehead atoms. The van der Waals surface area contributed by atoms with E-state index in [1.54, 1.807) is 25.7 Å². The molecule has 0 saturated carbocycles. The normalized spacial score (nSPS) is 15.0. The number of ether oxygens (including phenoxy) is 2. The van der Waals surface area contributed by atoms with Gasteiger partial charge in [-0.15, -0.1) is 6.42 Å². The van der Waals surface area contributed by atoms with Crippen LogP contribution in [0.15, 0.2) is 29.1 Å². The Morgan fingerprint density at radius 2 is 1.93 bits per heavy atom. The molecule has 4 rings (SSSR count). The SMILES string of the molecule is [CH2-]CC=O.[CH2-]Oc1c(-c2ccc(F)cc2F)c(Cl)cc2c(N3CCN(C(=O)OC(C)(C)C)C[C@@H]3C)nc(=O)[n-]c12.[Lr]. The molecule has 41 heavy (non-hydrogen) atoms. The summed E-state index contributed by atoms with van der Waals surface area (Å²) in [7, 11) is 3.44. The first kappa shape index (κ1) is 32.5. The van der Waals surface area contributed by atoms with Crippen molar-refractivity contribution < 1.29 is 27.8 Å². The first-order valence-electron chi connectivity index (χ1n) is 12.4. The van der Waals surface area contributed by atoms with Gasteiger partial charge in [-0.05, 0) is 45.9 Å². The maximum Gasteiger partial charge on any atom is 0.410 e. The van der Waals surface area contributed by atoms with Gasteiger partial charge in [0.15, 0.2) is 5.69 Å². The number of aromatic nitrogens is 2. The second-order valence-corrected chi connectivity index (χ2v) is 10.4. The summed E-state index contributed by atoms with van der Waals surface area (Å²) < 4.78 is 38.9.